The fraction of sp³-hybridized carbons (Fsp3) is 0.750. The summed E-state index contributed by atoms with van der Waals surface area (Å²) in [7, 11) is 0. The van der Waals surface area contributed by atoms with Gasteiger partial charge in [-0.25, -0.2) is 17.6 Å². The molecule has 0 fully saturated rings. The van der Waals surface area contributed by atoms with Crippen molar-refractivity contribution in [3.05, 3.63) is 12.2 Å². The molecule has 0 spiro atoms. The first kappa shape index (κ1) is 10.5. The van der Waals surface area contributed by atoms with Crippen molar-refractivity contribution < 1.29 is 22.7 Å². The molecule has 5 heteroatoms. The highest BCUT2D eigenvalue weighted by atomic mass is 19.3. The third-order valence-corrected chi connectivity index (χ3v) is 2.31. The van der Waals surface area contributed by atoms with Crippen molar-refractivity contribution in [2.45, 2.75) is 31.3 Å². The van der Waals surface area contributed by atoms with Crippen LogP contribution in [0.5, 0.6) is 0 Å². The van der Waals surface area contributed by atoms with E-state index < -0.39 is 24.4 Å². The Kier molecular flexibility index (Phi) is 2.95. The molecule has 0 aromatic carbocycles. The molecule has 1 N–H and O–H groups in total. The van der Waals surface area contributed by atoms with E-state index in [1.54, 1.807) is 0 Å². The summed E-state index contributed by atoms with van der Waals surface area (Å²) in [6.07, 6.45) is -3.45. The fourth-order valence-electron chi connectivity index (χ4n) is 1.44. The Hall–Kier alpha value is -0.580. The van der Waals surface area contributed by atoms with Gasteiger partial charge in [0.1, 0.15) is 0 Å². The maximum atomic E-state index is 12.2. The van der Waals surface area contributed by atoms with Crippen LogP contribution in [0.4, 0.5) is 17.6 Å². The molecule has 0 amide bonds. The molecule has 1 aliphatic rings. The molecule has 0 radical (unpaired) electrons. The molecule has 0 bridgehead atoms. The van der Waals surface area contributed by atoms with Gasteiger partial charge in [-0.05, 0) is 12.8 Å². The first-order valence-electron chi connectivity index (χ1n) is 3.95. The Morgan fingerprint density at radius 3 is 2.08 bits per heavy atom. The number of halogens is 4. The summed E-state index contributed by atoms with van der Waals surface area (Å²) in [5, 5.41) is 9.11. The van der Waals surface area contributed by atoms with Crippen LogP contribution in [0.1, 0.15) is 12.8 Å². The first-order valence-corrected chi connectivity index (χ1v) is 3.95. The molecular weight excluding hydrogens is 188 g/mol. The van der Waals surface area contributed by atoms with E-state index >= 15 is 0 Å². The minimum atomic E-state index is -3.42. The van der Waals surface area contributed by atoms with Crippen molar-refractivity contribution in [1.29, 1.82) is 0 Å². The van der Waals surface area contributed by atoms with Crippen molar-refractivity contribution in [3.63, 3.8) is 0 Å². The minimum Gasteiger partial charge on any atom is -0.378 e. The molecule has 0 aromatic heterocycles. The van der Waals surface area contributed by atoms with Crippen LogP contribution in [0.25, 0.3) is 0 Å². The lowest BCUT2D eigenvalue weighted by molar-refractivity contribution is -0.196. The van der Waals surface area contributed by atoms with Crippen molar-refractivity contribution >= 4 is 0 Å². The molecule has 1 unspecified atom stereocenters. The Morgan fingerprint density at radius 2 is 1.77 bits per heavy atom. The predicted molar refractivity (Wildman–Crippen MR) is 38.8 cm³/mol. The summed E-state index contributed by atoms with van der Waals surface area (Å²) >= 11 is 0. The summed E-state index contributed by atoms with van der Waals surface area (Å²) in [6.45, 7) is 0. The van der Waals surface area contributed by atoms with Crippen molar-refractivity contribution in [1.82, 2.24) is 0 Å². The summed E-state index contributed by atoms with van der Waals surface area (Å²) in [5.41, 5.74) is -3.17. The van der Waals surface area contributed by atoms with E-state index in [9.17, 15) is 17.6 Å². The van der Waals surface area contributed by atoms with Gasteiger partial charge in [-0.1, -0.05) is 12.2 Å². The maximum Gasteiger partial charge on any atom is 0.273 e. The molecule has 1 nitrogen and oxygen atoms in total. The third kappa shape index (κ3) is 1.70. The van der Waals surface area contributed by atoms with Crippen LogP contribution in [0.3, 0.4) is 0 Å². The van der Waals surface area contributed by atoms with E-state index in [0.29, 0.717) is 6.42 Å². The summed E-state index contributed by atoms with van der Waals surface area (Å²) in [4.78, 5) is 0. The lowest BCUT2D eigenvalue weighted by Gasteiger charge is -2.31. The lowest BCUT2D eigenvalue weighted by Crippen LogP contribution is -2.50. The van der Waals surface area contributed by atoms with Gasteiger partial charge in [0, 0.05) is 5.92 Å². The van der Waals surface area contributed by atoms with Gasteiger partial charge in [0.15, 0.2) is 5.60 Å². The first-order chi connectivity index (χ1) is 5.99. The van der Waals surface area contributed by atoms with Gasteiger partial charge < -0.3 is 5.11 Å². The second kappa shape index (κ2) is 3.65. The normalized spacial score (nSPS) is 23.5. The molecule has 13 heavy (non-hydrogen) atoms. The number of allylic oxidation sites excluding steroid dienone is 1. The molecule has 1 aliphatic carbocycles. The highest BCUT2D eigenvalue weighted by molar-refractivity contribution is 5.07. The van der Waals surface area contributed by atoms with E-state index in [1.165, 1.54) is 12.2 Å². The number of aliphatic hydroxyl groups is 1. The van der Waals surface area contributed by atoms with Crippen LogP contribution < -0.4 is 0 Å². The molecule has 0 aromatic rings. The van der Waals surface area contributed by atoms with Gasteiger partial charge in [-0.15, -0.1) is 0 Å². The van der Waals surface area contributed by atoms with E-state index in [2.05, 4.69) is 0 Å². The molecular formula is C8H10F4O. The molecule has 1 atom stereocenters. The molecule has 76 valence electrons. The summed E-state index contributed by atoms with van der Waals surface area (Å²) in [6, 6.07) is 0. The standard InChI is InChI=1S/C8H10F4O/c9-6(10)8(13,7(11)12)5-3-1-2-4-5/h1,3,5-7,13H,2,4H2. The number of hydrogen-bond donors (Lipinski definition) is 1. The van der Waals surface area contributed by atoms with Crippen molar-refractivity contribution in [2.75, 3.05) is 0 Å². The topological polar surface area (TPSA) is 20.2 Å². The number of hydrogen-bond acceptors (Lipinski definition) is 1. The van der Waals surface area contributed by atoms with Gasteiger partial charge in [-0.3, -0.25) is 0 Å². The highest BCUT2D eigenvalue weighted by Crippen LogP contribution is 2.37. The minimum absolute atomic E-state index is 0.158. The Balaban J connectivity index is 2.83. The van der Waals surface area contributed by atoms with Crippen LogP contribution in [0.2, 0.25) is 0 Å². The smallest absolute Gasteiger partial charge is 0.273 e. The van der Waals surface area contributed by atoms with Crippen LogP contribution >= 0.6 is 0 Å². The molecule has 0 saturated heterocycles. The second-order valence-corrected chi connectivity index (χ2v) is 3.10. The Morgan fingerprint density at radius 1 is 1.23 bits per heavy atom. The number of alkyl halides is 4. The zero-order valence-corrected chi connectivity index (χ0v) is 6.76. The van der Waals surface area contributed by atoms with Gasteiger partial charge in [0.05, 0.1) is 0 Å². The molecule has 0 aliphatic heterocycles. The van der Waals surface area contributed by atoms with E-state index in [1.807, 2.05) is 0 Å². The molecule has 0 saturated carbocycles. The van der Waals surface area contributed by atoms with Crippen LogP contribution in [0.15, 0.2) is 12.2 Å². The van der Waals surface area contributed by atoms with Crippen LogP contribution in [0, 0.1) is 5.92 Å². The van der Waals surface area contributed by atoms with Crippen molar-refractivity contribution in [3.8, 4) is 0 Å². The largest absolute Gasteiger partial charge is 0.378 e. The maximum absolute atomic E-state index is 12.2. The van der Waals surface area contributed by atoms with Gasteiger partial charge in [0.25, 0.3) is 12.9 Å². The van der Waals surface area contributed by atoms with Crippen molar-refractivity contribution in [2.24, 2.45) is 5.92 Å². The Labute approximate surface area is 73.1 Å². The average molecular weight is 198 g/mol. The summed E-state index contributed by atoms with van der Waals surface area (Å²) < 4.78 is 48.9. The SMILES string of the molecule is OC(C(F)F)(C(F)F)C1C=CCC1. The van der Waals surface area contributed by atoms with Gasteiger partial charge >= 0.3 is 0 Å². The molecule has 0 heterocycles. The highest BCUT2D eigenvalue weighted by Gasteiger charge is 2.52. The quantitative estimate of drug-likeness (QED) is 0.544. The van der Waals surface area contributed by atoms with Gasteiger partial charge in [-0.2, -0.15) is 0 Å². The third-order valence-electron chi connectivity index (χ3n) is 2.31. The van der Waals surface area contributed by atoms with E-state index in [0.717, 1.165) is 0 Å². The van der Waals surface area contributed by atoms with E-state index in [-0.39, 0.29) is 6.42 Å². The summed E-state index contributed by atoms with van der Waals surface area (Å²) in [5.74, 6) is -1.13. The fourth-order valence-corrected chi connectivity index (χ4v) is 1.44. The lowest BCUT2D eigenvalue weighted by atomic mass is 9.87. The monoisotopic (exact) mass is 198 g/mol. The Bertz CT molecular complexity index is 194. The predicted octanol–water partition coefficient (Wildman–Crippen LogP) is 2.21. The van der Waals surface area contributed by atoms with Gasteiger partial charge in [0.2, 0.25) is 0 Å². The number of rotatable bonds is 3. The zero-order chi connectivity index (χ0) is 10.1. The van der Waals surface area contributed by atoms with Crippen LogP contribution in [-0.4, -0.2) is 23.6 Å². The van der Waals surface area contributed by atoms with E-state index in [4.69, 9.17) is 5.11 Å². The zero-order valence-electron chi connectivity index (χ0n) is 6.76. The second-order valence-electron chi connectivity index (χ2n) is 3.10. The average Bonchev–Trinajstić information content (AvgIpc) is 2.54. The van der Waals surface area contributed by atoms with Crippen LogP contribution in [-0.2, 0) is 0 Å². The molecule has 1 rings (SSSR count).